The van der Waals surface area contributed by atoms with Crippen LogP contribution in [0.5, 0.6) is 5.75 Å². The first-order valence-electron chi connectivity index (χ1n) is 10.9. The molecule has 1 aromatic rings. The third-order valence-electron chi connectivity index (χ3n) is 7.38. The third-order valence-corrected chi connectivity index (χ3v) is 7.71. The summed E-state index contributed by atoms with van der Waals surface area (Å²) in [5.41, 5.74) is 2.59. The summed E-state index contributed by atoms with van der Waals surface area (Å²) in [5.74, 6) is -6.47. The van der Waals surface area contributed by atoms with Gasteiger partial charge in [-0.2, -0.15) is 0 Å². The van der Waals surface area contributed by atoms with Crippen LogP contribution in [0.25, 0.3) is 5.76 Å². The van der Waals surface area contributed by atoms with Crippen molar-refractivity contribution in [2.24, 2.45) is 17.6 Å². The molecule has 34 heavy (non-hydrogen) atoms. The van der Waals surface area contributed by atoms with Crippen LogP contribution < -0.4 is 5.73 Å². The van der Waals surface area contributed by atoms with Gasteiger partial charge < -0.3 is 26.2 Å². The summed E-state index contributed by atoms with van der Waals surface area (Å²) in [6.45, 7) is 1.76. The van der Waals surface area contributed by atoms with Crippen LogP contribution in [0.3, 0.4) is 0 Å². The molecule has 3 atom stereocenters. The molecular weight excluding hydrogens is 464 g/mol. The highest BCUT2D eigenvalue weighted by atomic mass is 35.5. The predicted molar refractivity (Wildman–Crippen MR) is 121 cm³/mol. The highest BCUT2D eigenvalue weighted by Crippen LogP contribution is 2.53. The molecule has 3 aliphatic carbocycles. The lowest BCUT2D eigenvalue weighted by Gasteiger charge is -2.46. The molecule has 0 unspecified atom stereocenters. The first kappa shape index (κ1) is 22.6. The lowest BCUT2D eigenvalue weighted by molar-refractivity contribution is -0.147. The molecule has 10 heteroatoms. The second-order valence-corrected chi connectivity index (χ2v) is 9.70. The summed E-state index contributed by atoms with van der Waals surface area (Å²) in [5, 5.41) is 44.4. The summed E-state index contributed by atoms with van der Waals surface area (Å²) >= 11 is 6.54. The lowest BCUT2D eigenvalue weighted by atomic mass is 9.59. The van der Waals surface area contributed by atoms with Crippen LogP contribution in [-0.4, -0.2) is 61.5 Å². The Morgan fingerprint density at radius 1 is 1.18 bits per heavy atom. The molecule has 0 aromatic heterocycles. The Balaban J connectivity index is 1.64. The molecule has 0 bridgehead atoms. The van der Waals surface area contributed by atoms with Crippen LogP contribution in [0.15, 0.2) is 35.1 Å². The molecule has 4 aliphatic rings. The maximum absolute atomic E-state index is 13.5. The predicted octanol–water partition coefficient (Wildman–Crippen LogP) is 1.45. The Morgan fingerprint density at radius 2 is 1.85 bits per heavy atom. The number of amides is 1. The van der Waals surface area contributed by atoms with Crippen LogP contribution in [0.4, 0.5) is 0 Å². The largest absolute Gasteiger partial charge is 0.508 e. The van der Waals surface area contributed by atoms with Crippen LogP contribution in [0, 0.1) is 11.8 Å². The van der Waals surface area contributed by atoms with E-state index in [0.717, 1.165) is 0 Å². The zero-order valence-electron chi connectivity index (χ0n) is 18.0. The van der Waals surface area contributed by atoms with E-state index < -0.39 is 52.0 Å². The van der Waals surface area contributed by atoms with Gasteiger partial charge in [0.2, 0.25) is 5.78 Å². The maximum Gasteiger partial charge on any atom is 0.255 e. The van der Waals surface area contributed by atoms with Crippen molar-refractivity contribution >= 4 is 34.8 Å². The molecule has 0 spiro atoms. The quantitative estimate of drug-likeness (QED) is 0.317. The average Bonchev–Trinajstić information content (AvgIpc) is 3.27. The Bertz CT molecular complexity index is 1260. The average molecular weight is 487 g/mol. The minimum atomic E-state index is -2.58. The number of aliphatic hydroxyl groups is 3. The normalized spacial score (nSPS) is 28.8. The number of nitrogens with zero attached hydrogens (tertiary/aromatic N) is 1. The zero-order chi connectivity index (χ0) is 24.5. The van der Waals surface area contributed by atoms with Gasteiger partial charge in [0.25, 0.3) is 5.91 Å². The molecule has 6 N–H and O–H groups in total. The number of hydrogen-bond donors (Lipinski definition) is 5. The summed E-state index contributed by atoms with van der Waals surface area (Å²) in [6.07, 6.45) is 3.89. The molecule has 1 fully saturated rings. The fourth-order valence-electron chi connectivity index (χ4n) is 5.71. The van der Waals surface area contributed by atoms with Crippen LogP contribution in [0.2, 0.25) is 5.02 Å². The van der Waals surface area contributed by atoms with Gasteiger partial charge in [-0.15, -0.1) is 0 Å². The van der Waals surface area contributed by atoms with Crippen LogP contribution >= 0.6 is 11.6 Å². The number of nitrogens with two attached hydrogens (primary N) is 1. The van der Waals surface area contributed by atoms with Gasteiger partial charge >= 0.3 is 0 Å². The van der Waals surface area contributed by atoms with E-state index in [2.05, 4.69) is 0 Å². The van der Waals surface area contributed by atoms with Gasteiger partial charge in [0.15, 0.2) is 11.4 Å². The molecule has 0 radical (unpaired) electrons. The highest BCUT2D eigenvalue weighted by Gasteiger charge is 2.60. The molecule has 1 heterocycles. The number of aliphatic hydroxyl groups excluding tert-OH is 2. The number of Topliss-reactive ketones (excluding diaryl/α,β-unsaturated/α-hetero) is 2. The lowest BCUT2D eigenvalue weighted by Crippen LogP contribution is -2.58. The number of carbonyl (C=O) groups excluding carboxylic acids is 3. The number of carbonyl (C=O) groups is 3. The van der Waals surface area contributed by atoms with Crippen molar-refractivity contribution in [2.45, 2.75) is 31.4 Å². The van der Waals surface area contributed by atoms with Crippen molar-refractivity contribution in [3.63, 3.8) is 0 Å². The van der Waals surface area contributed by atoms with Crippen molar-refractivity contribution in [3.8, 4) is 5.75 Å². The van der Waals surface area contributed by atoms with Crippen molar-refractivity contribution in [3.05, 3.63) is 56.8 Å². The van der Waals surface area contributed by atoms with Gasteiger partial charge in [0, 0.05) is 48.1 Å². The standard InChI is InChI=1S/C24H23ClN2O7/c25-14-7-11(9-27-3-1-2-4-27)19(29)17-13(14)6-10-5-12-8-15(28)18(23(26)33)22(32)24(12,34)21(31)16(10)20(17)30/h1-2,7,10,12,29-30,32,34H,3-6,8-9H2,(H2,26,33)/t10-,12+,24+/m1/s1. The van der Waals surface area contributed by atoms with E-state index in [0.29, 0.717) is 35.8 Å². The Morgan fingerprint density at radius 3 is 2.50 bits per heavy atom. The van der Waals surface area contributed by atoms with Crippen LogP contribution in [0.1, 0.15) is 29.5 Å². The number of halogens is 1. The first-order valence-corrected chi connectivity index (χ1v) is 11.3. The summed E-state index contributed by atoms with van der Waals surface area (Å²) < 4.78 is 0. The monoisotopic (exact) mass is 486 g/mol. The Hall–Kier alpha value is -3.14. The number of benzene rings is 1. The molecule has 5 rings (SSSR count). The van der Waals surface area contributed by atoms with E-state index in [1.807, 2.05) is 17.1 Å². The fraction of sp³-hybridized carbons (Fsp3) is 0.375. The van der Waals surface area contributed by atoms with Crippen molar-refractivity contribution < 1.29 is 34.8 Å². The Kier molecular flexibility index (Phi) is 5.12. The van der Waals surface area contributed by atoms with Gasteiger partial charge in [0.05, 0.1) is 5.56 Å². The third kappa shape index (κ3) is 3.04. The molecule has 1 amide bonds. The van der Waals surface area contributed by atoms with Crippen molar-refractivity contribution in [1.29, 1.82) is 0 Å². The number of primary amides is 1. The van der Waals surface area contributed by atoms with E-state index in [1.54, 1.807) is 6.07 Å². The minimum Gasteiger partial charge on any atom is -0.508 e. The fourth-order valence-corrected chi connectivity index (χ4v) is 6.01. The number of aromatic hydroxyl groups is 1. The van der Waals surface area contributed by atoms with Crippen molar-refractivity contribution in [2.75, 3.05) is 13.1 Å². The maximum atomic E-state index is 13.5. The van der Waals surface area contributed by atoms with Gasteiger partial charge in [0.1, 0.15) is 22.8 Å². The molecule has 1 aliphatic heterocycles. The van der Waals surface area contributed by atoms with E-state index in [9.17, 15) is 34.8 Å². The zero-order valence-corrected chi connectivity index (χ0v) is 18.8. The molecule has 9 nitrogen and oxygen atoms in total. The summed E-state index contributed by atoms with van der Waals surface area (Å²) in [4.78, 5) is 39.7. The number of ketones is 2. The second kappa shape index (κ2) is 7.69. The molecule has 178 valence electrons. The van der Waals surface area contributed by atoms with E-state index >= 15 is 0 Å². The number of fused-ring (bicyclic) bond motifs is 3. The number of phenols is 1. The Labute approximate surface area is 199 Å². The minimum absolute atomic E-state index is 0.0155. The van der Waals surface area contributed by atoms with Gasteiger partial charge in [-0.3, -0.25) is 19.3 Å². The summed E-state index contributed by atoms with van der Waals surface area (Å²) in [7, 11) is 0. The van der Waals surface area contributed by atoms with Gasteiger partial charge in [-0.05, 0) is 30.4 Å². The van der Waals surface area contributed by atoms with Gasteiger partial charge in [-0.25, -0.2) is 0 Å². The number of hydrogen-bond acceptors (Lipinski definition) is 8. The molecule has 0 saturated heterocycles. The smallest absolute Gasteiger partial charge is 0.255 e. The number of phenolic OH excluding ortho intramolecular Hbond substituents is 1. The molecular formula is C24H23ClN2O7. The van der Waals surface area contributed by atoms with E-state index in [4.69, 9.17) is 17.3 Å². The SMILES string of the molecule is NC(=O)C1=C(O)[C@@]2(O)C(=O)C3=C(O)c4c(O)c(CN5CC=CC5)cc(Cl)c4C[C@H]3C[C@H]2CC1=O. The second-order valence-electron chi connectivity index (χ2n) is 9.29. The van der Waals surface area contributed by atoms with Gasteiger partial charge in [-0.1, -0.05) is 23.8 Å². The van der Waals surface area contributed by atoms with Crippen molar-refractivity contribution in [1.82, 2.24) is 4.90 Å². The highest BCUT2D eigenvalue weighted by molar-refractivity contribution is 6.32. The molecule has 1 saturated carbocycles. The first-order chi connectivity index (χ1) is 16.1. The topological polar surface area (TPSA) is 161 Å². The van der Waals surface area contributed by atoms with Crippen LogP contribution in [-0.2, 0) is 27.3 Å². The number of rotatable bonds is 3. The van der Waals surface area contributed by atoms with E-state index in [-0.39, 0.29) is 36.1 Å². The molecule has 1 aromatic carbocycles. The summed E-state index contributed by atoms with van der Waals surface area (Å²) in [6, 6.07) is 1.64. The van der Waals surface area contributed by atoms with E-state index in [1.165, 1.54) is 0 Å².